The second kappa shape index (κ2) is 10.0. The van der Waals surface area contributed by atoms with Gasteiger partial charge in [-0.2, -0.15) is 0 Å². The molecule has 0 unspecified atom stereocenters. The topological polar surface area (TPSA) is 79.0 Å². The summed E-state index contributed by atoms with van der Waals surface area (Å²) in [7, 11) is 0. The maximum atomic E-state index is 12.5. The van der Waals surface area contributed by atoms with Crippen LogP contribution in [-0.4, -0.2) is 48.9 Å². The van der Waals surface area contributed by atoms with E-state index in [9.17, 15) is 14.4 Å². The van der Waals surface area contributed by atoms with Crippen LogP contribution in [0.15, 0.2) is 48.5 Å². The third kappa shape index (κ3) is 5.40. The highest BCUT2D eigenvalue weighted by Crippen LogP contribution is 2.27. The van der Waals surface area contributed by atoms with Gasteiger partial charge in [0.1, 0.15) is 5.75 Å². The van der Waals surface area contributed by atoms with Crippen LogP contribution in [0.4, 0.5) is 5.69 Å². The van der Waals surface area contributed by atoms with E-state index < -0.39 is 5.92 Å². The first-order valence-electron chi connectivity index (χ1n) is 10.8. The highest BCUT2D eigenvalue weighted by Gasteiger charge is 2.35. The fourth-order valence-electron chi connectivity index (χ4n) is 3.99. The molecule has 2 fully saturated rings. The molecule has 2 aliphatic heterocycles. The molecular formula is C24H26ClN3O4. The summed E-state index contributed by atoms with van der Waals surface area (Å²) >= 11 is 5.88. The summed E-state index contributed by atoms with van der Waals surface area (Å²) in [5, 5.41) is 3.54. The van der Waals surface area contributed by atoms with Gasteiger partial charge in [0.05, 0.1) is 5.92 Å². The molecule has 1 N–H and O–H groups in total. The number of halogens is 1. The molecule has 2 saturated heterocycles. The zero-order chi connectivity index (χ0) is 22.5. The third-order valence-electron chi connectivity index (χ3n) is 5.85. The monoisotopic (exact) mass is 455 g/mol. The van der Waals surface area contributed by atoms with Crippen LogP contribution in [0.1, 0.15) is 24.8 Å². The number of nitrogens with zero attached hydrogens (tertiary/aromatic N) is 2. The fraction of sp³-hybridized carbons (Fsp3) is 0.375. The average molecular weight is 456 g/mol. The second-order valence-electron chi connectivity index (χ2n) is 8.12. The molecular weight excluding hydrogens is 430 g/mol. The van der Waals surface area contributed by atoms with Crippen molar-refractivity contribution in [3.63, 3.8) is 0 Å². The average Bonchev–Trinajstić information content (AvgIpc) is 3.47. The molecule has 0 aliphatic carbocycles. The highest BCUT2D eigenvalue weighted by atomic mass is 35.5. The number of rotatable bonds is 7. The number of likely N-dealkylation sites (tertiary alicyclic amines) is 1. The standard InChI is InChI=1S/C24H26ClN3O4/c25-19-5-3-17(4-6-19)14-26-24(31)18-13-22(29)28(15-18)20-7-9-21(10-8-20)32-16-23(30)27-11-1-2-12-27/h3-10,18H,1-2,11-16H2,(H,26,31)/t18-/m0/s1. The summed E-state index contributed by atoms with van der Waals surface area (Å²) in [5.74, 6) is -0.0616. The minimum Gasteiger partial charge on any atom is -0.484 e. The number of amides is 3. The number of benzene rings is 2. The first-order chi connectivity index (χ1) is 15.5. The van der Waals surface area contributed by atoms with Crippen molar-refractivity contribution in [3.05, 3.63) is 59.1 Å². The summed E-state index contributed by atoms with van der Waals surface area (Å²) in [4.78, 5) is 40.6. The minimum absolute atomic E-state index is 0.00579. The maximum Gasteiger partial charge on any atom is 0.260 e. The van der Waals surface area contributed by atoms with Crippen LogP contribution in [0.25, 0.3) is 0 Å². The van der Waals surface area contributed by atoms with Gasteiger partial charge in [0, 0.05) is 43.3 Å². The largest absolute Gasteiger partial charge is 0.484 e. The lowest BCUT2D eigenvalue weighted by atomic mass is 10.1. The molecule has 7 nitrogen and oxygen atoms in total. The third-order valence-corrected chi connectivity index (χ3v) is 6.10. The lowest BCUT2D eigenvalue weighted by molar-refractivity contribution is -0.132. The first kappa shape index (κ1) is 22.1. The fourth-order valence-corrected chi connectivity index (χ4v) is 4.12. The summed E-state index contributed by atoms with van der Waals surface area (Å²) < 4.78 is 5.60. The van der Waals surface area contributed by atoms with Crippen molar-refractivity contribution in [1.29, 1.82) is 0 Å². The van der Waals surface area contributed by atoms with Gasteiger partial charge in [-0.15, -0.1) is 0 Å². The molecule has 2 heterocycles. The van der Waals surface area contributed by atoms with Gasteiger partial charge in [0.25, 0.3) is 5.91 Å². The van der Waals surface area contributed by atoms with Gasteiger partial charge < -0.3 is 19.9 Å². The first-order valence-corrected chi connectivity index (χ1v) is 11.2. The number of hydrogen-bond donors (Lipinski definition) is 1. The van der Waals surface area contributed by atoms with Gasteiger partial charge in [-0.25, -0.2) is 0 Å². The minimum atomic E-state index is -0.399. The summed E-state index contributed by atoms with van der Waals surface area (Å²) in [6, 6.07) is 14.3. The quantitative estimate of drug-likeness (QED) is 0.696. The number of carbonyl (C=O) groups excluding carboxylic acids is 3. The molecule has 0 spiro atoms. The summed E-state index contributed by atoms with van der Waals surface area (Å²) in [6.45, 7) is 2.33. The van der Waals surface area contributed by atoms with Crippen LogP contribution in [-0.2, 0) is 20.9 Å². The Morgan fingerprint density at radius 2 is 1.72 bits per heavy atom. The smallest absolute Gasteiger partial charge is 0.260 e. The molecule has 0 bridgehead atoms. The van der Waals surface area contributed by atoms with E-state index in [0.29, 0.717) is 29.5 Å². The van der Waals surface area contributed by atoms with Gasteiger partial charge >= 0.3 is 0 Å². The van der Waals surface area contributed by atoms with E-state index in [2.05, 4.69) is 5.32 Å². The lowest BCUT2D eigenvalue weighted by Gasteiger charge is -2.18. The molecule has 8 heteroatoms. The van der Waals surface area contributed by atoms with Crippen LogP contribution < -0.4 is 15.0 Å². The Labute approximate surface area is 192 Å². The Hall–Kier alpha value is -3.06. The van der Waals surface area contributed by atoms with E-state index in [1.54, 1.807) is 41.3 Å². The maximum absolute atomic E-state index is 12.5. The molecule has 2 aromatic carbocycles. The molecule has 32 heavy (non-hydrogen) atoms. The molecule has 2 aliphatic rings. The molecule has 2 aromatic rings. The number of anilines is 1. The summed E-state index contributed by atoms with van der Waals surface area (Å²) in [6.07, 6.45) is 2.27. The van der Waals surface area contributed by atoms with Gasteiger partial charge in [0.15, 0.2) is 6.61 Å². The van der Waals surface area contributed by atoms with Crippen molar-refractivity contribution in [3.8, 4) is 5.75 Å². The van der Waals surface area contributed by atoms with Crippen molar-refractivity contribution in [1.82, 2.24) is 10.2 Å². The highest BCUT2D eigenvalue weighted by molar-refractivity contribution is 6.30. The van der Waals surface area contributed by atoms with E-state index in [1.165, 1.54) is 0 Å². The van der Waals surface area contributed by atoms with E-state index in [0.717, 1.165) is 31.5 Å². The van der Waals surface area contributed by atoms with Gasteiger partial charge in [0.2, 0.25) is 11.8 Å². The molecule has 4 rings (SSSR count). The number of hydrogen-bond acceptors (Lipinski definition) is 4. The molecule has 168 valence electrons. The van der Waals surface area contributed by atoms with E-state index >= 15 is 0 Å². The van der Waals surface area contributed by atoms with Crippen LogP contribution >= 0.6 is 11.6 Å². The van der Waals surface area contributed by atoms with Crippen LogP contribution in [0.2, 0.25) is 5.02 Å². The van der Waals surface area contributed by atoms with Crippen LogP contribution in [0, 0.1) is 5.92 Å². The molecule has 0 aromatic heterocycles. The Bertz CT molecular complexity index is 972. The Morgan fingerprint density at radius 3 is 2.41 bits per heavy atom. The lowest BCUT2D eigenvalue weighted by Crippen LogP contribution is -2.32. The number of carbonyl (C=O) groups is 3. The molecule has 0 radical (unpaired) electrons. The Balaban J connectivity index is 1.28. The predicted molar refractivity (Wildman–Crippen MR) is 122 cm³/mol. The van der Waals surface area contributed by atoms with Crippen molar-refractivity contribution in [2.75, 3.05) is 31.1 Å². The number of nitrogens with one attached hydrogen (secondary N) is 1. The Morgan fingerprint density at radius 1 is 1.03 bits per heavy atom. The van der Waals surface area contributed by atoms with Crippen molar-refractivity contribution < 1.29 is 19.1 Å². The van der Waals surface area contributed by atoms with Gasteiger partial charge in [-0.3, -0.25) is 14.4 Å². The zero-order valence-electron chi connectivity index (χ0n) is 17.8. The van der Waals surface area contributed by atoms with Gasteiger partial charge in [-0.05, 0) is 54.8 Å². The Kier molecular flexibility index (Phi) is 6.95. The molecule has 3 amide bonds. The zero-order valence-corrected chi connectivity index (χ0v) is 18.5. The van der Waals surface area contributed by atoms with Crippen molar-refractivity contribution >= 4 is 35.0 Å². The molecule has 0 saturated carbocycles. The van der Waals surface area contributed by atoms with Gasteiger partial charge in [-0.1, -0.05) is 23.7 Å². The van der Waals surface area contributed by atoms with E-state index in [1.807, 2.05) is 17.0 Å². The predicted octanol–water partition coefficient (Wildman–Crippen LogP) is 3.01. The van der Waals surface area contributed by atoms with Crippen LogP contribution in [0.3, 0.4) is 0 Å². The second-order valence-corrected chi connectivity index (χ2v) is 8.56. The van der Waals surface area contributed by atoms with E-state index in [4.69, 9.17) is 16.3 Å². The van der Waals surface area contributed by atoms with Crippen LogP contribution in [0.5, 0.6) is 5.75 Å². The molecule has 1 atom stereocenters. The van der Waals surface area contributed by atoms with Crippen molar-refractivity contribution in [2.24, 2.45) is 5.92 Å². The summed E-state index contributed by atoms with van der Waals surface area (Å²) in [5.41, 5.74) is 1.66. The van der Waals surface area contributed by atoms with Crippen molar-refractivity contribution in [2.45, 2.75) is 25.8 Å². The SMILES string of the molecule is O=C(NCc1ccc(Cl)cc1)[C@H]1CC(=O)N(c2ccc(OCC(=O)N3CCCC3)cc2)C1. The van der Waals surface area contributed by atoms with E-state index in [-0.39, 0.29) is 30.7 Å². The normalized spacial score (nSPS) is 18.2. The number of ether oxygens (including phenoxy) is 1.